The number of carbonyl (C=O) groups is 1. The van der Waals surface area contributed by atoms with Gasteiger partial charge in [-0.1, -0.05) is 6.07 Å². The molecule has 25 heavy (non-hydrogen) atoms. The van der Waals surface area contributed by atoms with Crippen LogP contribution in [0.25, 0.3) is 0 Å². The lowest BCUT2D eigenvalue weighted by Crippen LogP contribution is -2.35. The molecule has 2 aliphatic rings. The Morgan fingerprint density at radius 3 is 2.72 bits per heavy atom. The molecule has 0 saturated carbocycles. The van der Waals surface area contributed by atoms with Gasteiger partial charge in [0, 0.05) is 31.2 Å². The lowest BCUT2D eigenvalue weighted by atomic mass is 10.2. The van der Waals surface area contributed by atoms with Crippen LogP contribution >= 0.6 is 0 Å². The van der Waals surface area contributed by atoms with E-state index in [0.29, 0.717) is 18.2 Å². The van der Waals surface area contributed by atoms with E-state index in [1.807, 2.05) is 0 Å². The third-order valence-corrected chi connectivity index (χ3v) is 5.92. The number of rotatable bonds is 6. The maximum atomic E-state index is 12.1. The van der Waals surface area contributed by atoms with E-state index in [1.54, 1.807) is 12.1 Å². The number of hydrogen-bond donors (Lipinski definition) is 2. The molecular formula is C17H26N4O3S. The highest BCUT2D eigenvalue weighted by atomic mass is 32.2. The van der Waals surface area contributed by atoms with Gasteiger partial charge in [0.05, 0.1) is 4.90 Å². The summed E-state index contributed by atoms with van der Waals surface area (Å²) in [7, 11) is -3.77. The molecule has 1 atom stereocenters. The summed E-state index contributed by atoms with van der Waals surface area (Å²) in [6.07, 6.45) is 4.18. The van der Waals surface area contributed by atoms with E-state index in [9.17, 15) is 13.2 Å². The molecule has 1 aromatic rings. The predicted octanol–water partition coefficient (Wildman–Crippen LogP) is 0.833. The standard InChI is InChI=1S/C17H26N4O3S/c18-25(23,24)16-5-3-4-14(12-16)19-17(22)7-11-20-10-6-15(13-20)21-8-1-2-9-21/h3-5,12,15H,1-2,6-11,13H2,(H,19,22)(H2,18,23,24). The molecule has 2 fully saturated rings. The van der Waals surface area contributed by atoms with Crippen LogP contribution < -0.4 is 10.5 Å². The zero-order chi connectivity index (χ0) is 17.9. The van der Waals surface area contributed by atoms with E-state index in [-0.39, 0.29) is 10.8 Å². The highest BCUT2D eigenvalue weighted by molar-refractivity contribution is 7.89. The van der Waals surface area contributed by atoms with Crippen molar-refractivity contribution in [3.05, 3.63) is 24.3 Å². The zero-order valence-electron chi connectivity index (χ0n) is 14.4. The van der Waals surface area contributed by atoms with E-state index in [1.165, 1.54) is 44.5 Å². The summed E-state index contributed by atoms with van der Waals surface area (Å²) in [5.74, 6) is -0.115. The van der Waals surface area contributed by atoms with Crippen molar-refractivity contribution >= 4 is 21.6 Å². The molecule has 7 nitrogen and oxygen atoms in total. The van der Waals surface area contributed by atoms with Gasteiger partial charge in [0.2, 0.25) is 15.9 Å². The molecular weight excluding hydrogens is 340 g/mol. The average Bonchev–Trinajstić information content (AvgIpc) is 3.24. The second kappa shape index (κ2) is 7.82. The summed E-state index contributed by atoms with van der Waals surface area (Å²) >= 11 is 0. The van der Waals surface area contributed by atoms with Gasteiger partial charge in [-0.15, -0.1) is 0 Å². The van der Waals surface area contributed by atoms with Crippen LogP contribution in [0.1, 0.15) is 25.7 Å². The Labute approximate surface area is 149 Å². The quantitative estimate of drug-likeness (QED) is 0.778. The number of likely N-dealkylation sites (tertiary alicyclic amines) is 2. The number of benzene rings is 1. The number of nitrogens with one attached hydrogen (secondary N) is 1. The number of anilines is 1. The van der Waals surface area contributed by atoms with Crippen LogP contribution in [0.3, 0.4) is 0 Å². The first-order chi connectivity index (χ1) is 11.9. The summed E-state index contributed by atoms with van der Waals surface area (Å²) in [6, 6.07) is 6.65. The number of carbonyl (C=O) groups excluding carboxylic acids is 1. The fourth-order valence-corrected chi connectivity index (χ4v) is 4.21. The molecule has 2 heterocycles. The molecule has 138 valence electrons. The van der Waals surface area contributed by atoms with Gasteiger partial charge < -0.3 is 10.2 Å². The third kappa shape index (κ3) is 5.01. The van der Waals surface area contributed by atoms with Crippen LogP contribution in [0.15, 0.2) is 29.2 Å². The van der Waals surface area contributed by atoms with Gasteiger partial charge in [0.15, 0.2) is 0 Å². The SMILES string of the molecule is NS(=O)(=O)c1cccc(NC(=O)CCN2CCC(N3CCCC3)C2)c1. The van der Waals surface area contributed by atoms with Crippen molar-refractivity contribution in [3.63, 3.8) is 0 Å². The van der Waals surface area contributed by atoms with Crippen molar-refractivity contribution in [2.45, 2.75) is 36.6 Å². The first-order valence-corrected chi connectivity index (χ1v) is 10.4. The first-order valence-electron chi connectivity index (χ1n) is 8.81. The second-order valence-corrected chi connectivity index (χ2v) is 8.42. The molecule has 0 aromatic heterocycles. The van der Waals surface area contributed by atoms with E-state index >= 15 is 0 Å². The predicted molar refractivity (Wildman–Crippen MR) is 96.7 cm³/mol. The Kier molecular flexibility index (Phi) is 5.73. The van der Waals surface area contributed by atoms with E-state index in [2.05, 4.69) is 15.1 Å². The lowest BCUT2D eigenvalue weighted by Gasteiger charge is -2.23. The molecule has 8 heteroatoms. The molecule has 3 N–H and O–H groups in total. The Hall–Kier alpha value is -1.48. The van der Waals surface area contributed by atoms with Gasteiger partial charge in [0.25, 0.3) is 0 Å². The van der Waals surface area contributed by atoms with E-state index in [0.717, 1.165) is 19.6 Å². The maximum absolute atomic E-state index is 12.1. The summed E-state index contributed by atoms with van der Waals surface area (Å²) in [5.41, 5.74) is 0.452. The maximum Gasteiger partial charge on any atom is 0.238 e. The third-order valence-electron chi connectivity index (χ3n) is 5.01. The number of primary sulfonamides is 1. The van der Waals surface area contributed by atoms with Crippen LogP contribution in [-0.2, 0) is 14.8 Å². The van der Waals surface area contributed by atoms with Crippen LogP contribution in [0.5, 0.6) is 0 Å². The highest BCUT2D eigenvalue weighted by Gasteiger charge is 2.29. The van der Waals surface area contributed by atoms with E-state index < -0.39 is 10.0 Å². The molecule has 1 unspecified atom stereocenters. The minimum absolute atomic E-state index is 0.00158. The van der Waals surface area contributed by atoms with Crippen LogP contribution in [-0.4, -0.2) is 62.9 Å². The van der Waals surface area contributed by atoms with Gasteiger partial charge in [-0.25, -0.2) is 13.6 Å². The van der Waals surface area contributed by atoms with Crippen molar-refractivity contribution in [2.24, 2.45) is 5.14 Å². The topological polar surface area (TPSA) is 95.7 Å². The fourth-order valence-electron chi connectivity index (χ4n) is 3.65. The fraction of sp³-hybridized carbons (Fsp3) is 0.588. The van der Waals surface area contributed by atoms with Crippen molar-refractivity contribution < 1.29 is 13.2 Å². The lowest BCUT2D eigenvalue weighted by molar-refractivity contribution is -0.116. The second-order valence-electron chi connectivity index (χ2n) is 6.86. The number of hydrogen-bond acceptors (Lipinski definition) is 5. The molecule has 2 saturated heterocycles. The summed E-state index contributed by atoms with van der Waals surface area (Å²) in [6.45, 7) is 5.22. The number of nitrogens with two attached hydrogens (primary N) is 1. The van der Waals surface area contributed by atoms with Crippen molar-refractivity contribution in [2.75, 3.05) is 38.0 Å². The van der Waals surface area contributed by atoms with E-state index in [4.69, 9.17) is 5.14 Å². The monoisotopic (exact) mass is 366 g/mol. The Morgan fingerprint density at radius 1 is 1.24 bits per heavy atom. The summed E-state index contributed by atoms with van der Waals surface area (Å²) in [4.78, 5) is 17.0. The molecule has 0 bridgehead atoms. The summed E-state index contributed by atoms with van der Waals surface area (Å²) in [5, 5.41) is 7.86. The van der Waals surface area contributed by atoms with Gasteiger partial charge in [-0.05, 0) is 57.1 Å². The molecule has 2 aliphatic heterocycles. The zero-order valence-corrected chi connectivity index (χ0v) is 15.2. The Balaban J connectivity index is 1.46. The van der Waals surface area contributed by atoms with Crippen molar-refractivity contribution in [3.8, 4) is 0 Å². The number of sulfonamides is 1. The Morgan fingerprint density at radius 2 is 2.00 bits per heavy atom. The number of nitrogens with zero attached hydrogens (tertiary/aromatic N) is 2. The van der Waals surface area contributed by atoms with Crippen LogP contribution in [0, 0.1) is 0 Å². The van der Waals surface area contributed by atoms with Gasteiger partial charge in [-0.3, -0.25) is 9.69 Å². The van der Waals surface area contributed by atoms with Gasteiger partial charge in [-0.2, -0.15) is 0 Å². The first kappa shape index (κ1) is 18.3. The van der Waals surface area contributed by atoms with Crippen molar-refractivity contribution in [1.82, 2.24) is 9.80 Å². The van der Waals surface area contributed by atoms with Crippen molar-refractivity contribution in [1.29, 1.82) is 0 Å². The van der Waals surface area contributed by atoms with Crippen LogP contribution in [0.2, 0.25) is 0 Å². The smallest absolute Gasteiger partial charge is 0.238 e. The highest BCUT2D eigenvalue weighted by Crippen LogP contribution is 2.20. The van der Waals surface area contributed by atoms with Crippen LogP contribution in [0.4, 0.5) is 5.69 Å². The molecule has 3 rings (SSSR count). The number of amides is 1. The molecule has 0 spiro atoms. The largest absolute Gasteiger partial charge is 0.326 e. The van der Waals surface area contributed by atoms with Gasteiger partial charge in [0.1, 0.15) is 0 Å². The summed E-state index contributed by atoms with van der Waals surface area (Å²) < 4.78 is 22.7. The minimum atomic E-state index is -3.77. The molecule has 1 amide bonds. The van der Waals surface area contributed by atoms with Gasteiger partial charge >= 0.3 is 0 Å². The molecule has 1 aromatic carbocycles. The minimum Gasteiger partial charge on any atom is -0.326 e. The molecule has 0 aliphatic carbocycles. The average molecular weight is 366 g/mol. The molecule has 0 radical (unpaired) electrons. The Bertz CT molecular complexity index is 716. The normalized spacial score (nSPS) is 22.4.